The summed E-state index contributed by atoms with van der Waals surface area (Å²) in [4.78, 5) is 8.78. The molecule has 5 heteroatoms. The highest BCUT2D eigenvalue weighted by Gasteiger charge is 2.20. The average Bonchev–Trinajstić information content (AvgIpc) is 3.12. The zero-order valence-corrected chi connectivity index (χ0v) is 12.9. The van der Waals surface area contributed by atoms with Crippen LogP contribution in [0.2, 0.25) is 0 Å². The van der Waals surface area contributed by atoms with Crippen molar-refractivity contribution < 1.29 is 0 Å². The Labute approximate surface area is 127 Å². The lowest BCUT2D eigenvalue weighted by atomic mass is 10.1. The molecule has 2 heterocycles. The minimum atomic E-state index is 0.194. The molecule has 0 aliphatic heterocycles. The second kappa shape index (κ2) is 7.83. The summed E-state index contributed by atoms with van der Waals surface area (Å²) in [7, 11) is 0. The number of hydrogen-bond donors (Lipinski definition) is 0. The molecule has 2 aromatic rings. The van der Waals surface area contributed by atoms with Gasteiger partial charge in [0.1, 0.15) is 0 Å². The molecular weight excluding hydrogens is 299 g/mol. The van der Waals surface area contributed by atoms with E-state index in [1.54, 1.807) is 0 Å². The Morgan fingerprint density at radius 2 is 1.79 bits per heavy atom. The van der Waals surface area contributed by atoms with Crippen LogP contribution in [0.3, 0.4) is 0 Å². The van der Waals surface area contributed by atoms with E-state index in [9.17, 15) is 0 Å². The largest absolute Gasteiger partial charge is 0.265 e. The van der Waals surface area contributed by atoms with Crippen LogP contribution in [-0.2, 0) is 0 Å². The molecule has 0 bridgehead atoms. The predicted octanol–water partition coefficient (Wildman–Crippen LogP) is 5.28. The molecule has 3 rings (SSSR count). The number of thiazole rings is 1. The van der Waals surface area contributed by atoms with E-state index in [1.165, 1.54) is 36.3 Å². The minimum absolute atomic E-state index is 0.194. The van der Waals surface area contributed by atoms with Gasteiger partial charge in [-0.15, -0.1) is 34.5 Å². The van der Waals surface area contributed by atoms with Gasteiger partial charge in [-0.25, -0.2) is 4.98 Å². The molecule has 0 N–H and O–H groups in total. The van der Waals surface area contributed by atoms with Crippen LogP contribution in [0.4, 0.5) is 0 Å². The fourth-order valence-electron chi connectivity index (χ4n) is 2.30. The summed E-state index contributed by atoms with van der Waals surface area (Å²) < 4.78 is 0. The maximum Gasteiger partial charge on any atom is 0.0967 e. The molecular formula is C14H16Cl2N2S. The summed E-state index contributed by atoms with van der Waals surface area (Å²) in [6.07, 6.45) is 9.03. The molecule has 1 saturated carbocycles. The van der Waals surface area contributed by atoms with Crippen LogP contribution < -0.4 is 0 Å². The summed E-state index contributed by atoms with van der Waals surface area (Å²) in [5.41, 5.74) is 2.28. The lowest BCUT2D eigenvalue weighted by molar-refractivity contribution is 0.717. The zero-order chi connectivity index (χ0) is 13.5. The van der Waals surface area contributed by atoms with Gasteiger partial charge in [-0.2, -0.15) is 0 Å². The van der Waals surface area contributed by atoms with Crippen LogP contribution in [0.1, 0.15) is 36.6 Å². The van der Waals surface area contributed by atoms with Crippen LogP contribution in [0.15, 0.2) is 29.9 Å². The number of halogens is 2. The molecule has 102 valence electrons. The minimum Gasteiger partial charge on any atom is -0.265 e. The second-order valence-corrected chi connectivity index (χ2v) is 6.09. The van der Waals surface area contributed by atoms with E-state index in [-0.39, 0.29) is 5.34 Å². The number of hydrogen-bond acceptors (Lipinski definition) is 3. The van der Waals surface area contributed by atoms with Crippen molar-refractivity contribution in [3.05, 3.63) is 34.9 Å². The molecule has 2 aromatic heterocycles. The van der Waals surface area contributed by atoms with E-state index >= 15 is 0 Å². The number of rotatable bonds is 2. The summed E-state index contributed by atoms with van der Waals surface area (Å²) in [5.74, 6) is 0.723. The Hall–Kier alpha value is -0.640. The smallest absolute Gasteiger partial charge is 0.0967 e. The van der Waals surface area contributed by atoms with Crippen LogP contribution in [-0.4, -0.2) is 15.3 Å². The Morgan fingerprint density at radius 1 is 1.16 bits per heavy atom. The summed E-state index contributed by atoms with van der Waals surface area (Å²) in [6, 6.07) is 4.04. The predicted molar refractivity (Wildman–Crippen MR) is 83.1 cm³/mol. The number of nitrogens with zero attached hydrogens (tertiary/aromatic N) is 2. The molecule has 2 nitrogen and oxygen atoms in total. The van der Waals surface area contributed by atoms with Gasteiger partial charge in [0.05, 0.1) is 16.0 Å². The molecule has 1 aliphatic rings. The first-order valence-electron chi connectivity index (χ1n) is 6.33. The Balaban J connectivity index is 0.000000408. The molecule has 0 aromatic carbocycles. The molecule has 1 fully saturated rings. The van der Waals surface area contributed by atoms with E-state index in [4.69, 9.17) is 28.2 Å². The molecule has 1 aliphatic carbocycles. The van der Waals surface area contributed by atoms with Gasteiger partial charge in [-0.1, -0.05) is 12.8 Å². The highest BCUT2D eigenvalue weighted by Crippen LogP contribution is 2.36. The van der Waals surface area contributed by atoms with Crippen molar-refractivity contribution >= 4 is 34.5 Å². The van der Waals surface area contributed by atoms with Gasteiger partial charge in [-0.3, -0.25) is 4.98 Å². The van der Waals surface area contributed by atoms with Crippen molar-refractivity contribution in [2.45, 2.75) is 31.6 Å². The van der Waals surface area contributed by atoms with E-state index in [2.05, 4.69) is 10.4 Å². The lowest BCUT2D eigenvalue weighted by Crippen LogP contribution is -1.90. The summed E-state index contributed by atoms with van der Waals surface area (Å²) >= 11 is 11.3. The lowest BCUT2D eigenvalue weighted by Gasteiger charge is -2.02. The maximum atomic E-state index is 4.76. The monoisotopic (exact) mass is 314 g/mol. The molecule has 0 spiro atoms. The van der Waals surface area contributed by atoms with Gasteiger partial charge < -0.3 is 0 Å². The van der Waals surface area contributed by atoms with E-state index in [1.807, 2.05) is 35.9 Å². The van der Waals surface area contributed by atoms with Crippen molar-refractivity contribution in [3.63, 3.8) is 0 Å². The fourth-order valence-corrected chi connectivity index (χ4v) is 3.30. The van der Waals surface area contributed by atoms with Crippen molar-refractivity contribution in [1.82, 2.24) is 9.97 Å². The van der Waals surface area contributed by atoms with Crippen LogP contribution in [0, 0.1) is 0 Å². The fraction of sp³-hybridized carbons (Fsp3) is 0.429. The SMILES string of the molecule is ClCCl.c1cc(-c2csc(C3CCCC3)n2)ccn1. The molecule has 0 radical (unpaired) electrons. The highest BCUT2D eigenvalue weighted by atomic mass is 35.5. The normalized spacial score (nSPS) is 15.1. The molecule has 0 atom stereocenters. The number of pyridine rings is 1. The van der Waals surface area contributed by atoms with Gasteiger partial charge >= 0.3 is 0 Å². The number of aromatic nitrogens is 2. The third-order valence-electron chi connectivity index (χ3n) is 3.20. The standard InChI is InChI=1S/C13H14N2S.CH2Cl2/c1-2-4-11(3-1)13-15-12(9-16-13)10-5-7-14-8-6-10;2-1-3/h5-9,11H,1-4H2;1H2. The number of alkyl halides is 2. The second-order valence-electron chi connectivity index (χ2n) is 4.39. The van der Waals surface area contributed by atoms with E-state index < -0.39 is 0 Å². The topological polar surface area (TPSA) is 25.8 Å². The van der Waals surface area contributed by atoms with Gasteiger partial charge in [0.15, 0.2) is 0 Å². The van der Waals surface area contributed by atoms with Crippen molar-refractivity contribution in [2.75, 3.05) is 5.34 Å². The van der Waals surface area contributed by atoms with Crippen LogP contribution in [0.5, 0.6) is 0 Å². The molecule has 0 amide bonds. The molecule has 19 heavy (non-hydrogen) atoms. The van der Waals surface area contributed by atoms with E-state index in [0.717, 1.165) is 11.6 Å². The molecule has 0 unspecified atom stereocenters. The maximum absolute atomic E-state index is 4.76. The average molecular weight is 315 g/mol. The third kappa shape index (κ3) is 4.16. The zero-order valence-electron chi connectivity index (χ0n) is 10.6. The first-order chi connectivity index (χ1) is 9.35. The van der Waals surface area contributed by atoms with Crippen molar-refractivity contribution in [1.29, 1.82) is 0 Å². The first-order valence-corrected chi connectivity index (χ1v) is 8.27. The first kappa shape index (κ1) is 14.8. The summed E-state index contributed by atoms with van der Waals surface area (Å²) in [5, 5.41) is 3.69. The highest BCUT2D eigenvalue weighted by molar-refractivity contribution is 7.10. The van der Waals surface area contributed by atoms with Gasteiger partial charge in [-0.05, 0) is 25.0 Å². The third-order valence-corrected chi connectivity index (χ3v) is 4.21. The molecule has 0 saturated heterocycles. The van der Waals surface area contributed by atoms with Gasteiger partial charge in [0.25, 0.3) is 0 Å². The van der Waals surface area contributed by atoms with Crippen molar-refractivity contribution in [3.8, 4) is 11.3 Å². The Morgan fingerprint density at radius 3 is 2.42 bits per heavy atom. The quantitative estimate of drug-likeness (QED) is 0.704. The van der Waals surface area contributed by atoms with Crippen LogP contribution in [0.25, 0.3) is 11.3 Å². The van der Waals surface area contributed by atoms with Crippen LogP contribution >= 0.6 is 34.5 Å². The van der Waals surface area contributed by atoms with Crippen molar-refractivity contribution in [2.24, 2.45) is 0 Å². The Bertz CT molecular complexity index is 481. The Kier molecular flexibility index (Phi) is 6.08. The van der Waals surface area contributed by atoms with E-state index in [0.29, 0.717) is 0 Å². The van der Waals surface area contributed by atoms with Gasteiger partial charge in [0.2, 0.25) is 0 Å². The summed E-state index contributed by atoms with van der Waals surface area (Å²) in [6.45, 7) is 0. The van der Waals surface area contributed by atoms with Gasteiger partial charge in [0, 0.05) is 29.3 Å².